The second-order valence-corrected chi connectivity index (χ2v) is 27.1. The van der Waals surface area contributed by atoms with Gasteiger partial charge >= 0.3 is 0 Å². The molecule has 0 bridgehead atoms. The molecule has 0 N–H and O–H groups in total. The zero-order valence-electron chi connectivity index (χ0n) is 45.8. The summed E-state index contributed by atoms with van der Waals surface area (Å²) in [4.78, 5) is 5.25. The molecule has 13 rings (SSSR count). The lowest BCUT2D eigenvalue weighted by atomic mass is 9.36. The minimum Gasteiger partial charge on any atom is -0.311 e. The summed E-state index contributed by atoms with van der Waals surface area (Å²) in [7, 11) is 0. The fourth-order valence-electron chi connectivity index (χ4n) is 16.0. The van der Waals surface area contributed by atoms with Crippen molar-refractivity contribution < 1.29 is 0 Å². The molecule has 0 saturated heterocycles. The van der Waals surface area contributed by atoms with Crippen molar-refractivity contribution in [3.8, 4) is 11.1 Å². The summed E-state index contributed by atoms with van der Waals surface area (Å²) in [6.45, 7) is 28.0. The molecule has 4 atom stereocenters. The van der Waals surface area contributed by atoms with Gasteiger partial charge in [-0.25, -0.2) is 0 Å². The molecule has 7 aromatic rings. The number of para-hydroxylation sites is 2. The maximum absolute atomic E-state index is 2.79. The molecule has 4 unspecified atom stereocenters. The van der Waals surface area contributed by atoms with E-state index in [9.17, 15) is 0 Å². The molecule has 4 aliphatic carbocycles. The minimum absolute atomic E-state index is 0.0623. The Hall–Kier alpha value is -5.80. The topological polar surface area (TPSA) is 6.48 Å². The number of benzene rings is 7. The third-order valence-electron chi connectivity index (χ3n) is 21.0. The van der Waals surface area contributed by atoms with Crippen LogP contribution >= 0.6 is 0 Å². The van der Waals surface area contributed by atoms with Gasteiger partial charge in [-0.2, -0.15) is 0 Å². The molecule has 0 spiro atoms. The van der Waals surface area contributed by atoms with E-state index in [2.05, 4.69) is 232 Å². The Morgan fingerprint density at radius 2 is 1.05 bits per heavy atom. The van der Waals surface area contributed by atoms with Crippen molar-refractivity contribution >= 4 is 57.2 Å². The maximum atomic E-state index is 2.79. The summed E-state index contributed by atoms with van der Waals surface area (Å²) in [5.41, 5.74) is 26.2. The first-order valence-corrected chi connectivity index (χ1v) is 28.3. The van der Waals surface area contributed by atoms with Crippen LogP contribution in [0.15, 0.2) is 146 Å². The first-order valence-electron chi connectivity index (χ1n) is 28.3. The molecule has 2 heterocycles. The monoisotopic (exact) mass is 957 g/mol. The van der Waals surface area contributed by atoms with E-state index in [4.69, 9.17) is 0 Å². The number of fused-ring (bicyclic) bond motifs is 10. The van der Waals surface area contributed by atoms with Gasteiger partial charge in [-0.05, 0) is 211 Å². The highest BCUT2D eigenvalue weighted by Crippen LogP contribution is 2.62. The highest BCUT2D eigenvalue weighted by Gasteiger charge is 2.53. The fraction of sp³-hybridized carbons (Fsp3) is 0.400. The zero-order chi connectivity index (χ0) is 50.6. The van der Waals surface area contributed by atoms with Crippen LogP contribution in [0.5, 0.6) is 0 Å². The Bertz CT molecular complexity index is 3320. The van der Waals surface area contributed by atoms with Crippen LogP contribution in [0.1, 0.15) is 185 Å². The van der Waals surface area contributed by atoms with E-state index in [1.165, 1.54) is 147 Å². The summed E-state index contributed by atoms with van der Waals surface area (Å²) in [5.74, 6) is 0.708. The second kappa shape index (κ2) is 16.1. The lowest BCUT2D eigenvalue weighted by Gasteiger charge is -2.51. The first kappa shape index (κ1) is 47.0. The average molecular weight is 957 g/mol. The van der Waals surface area contributed by atoms with Gasteiger partial charge in [0.15, 0.2) is 0 Å². The molecule has 7 aromatic carbocycles. The third-order valence-corrected chi connectivity index (χ3v) is 21.0. The fourth-order valence-corrected chi connectivity index (χ4v) is 16.0. The number of hydrogen-bond donors (Lipinski definition) is 0. The van der Waals surface area contributed by atoms with Gasteiger partial charge < -0.3 is 9.80 Å². The lowest BCUT2D eigenvalue weighted by Crippen LogP contribution is -2.55. The zero-order valence-corrected chi connectivity index (χ0v) is 45.8. The standard InChI is InChI=1S/C70H77BN2/c1-45-51-26-18-19-27-55(51)70(11)33-21-20-32-69(70,10)44-54(45)46-38-53-52-40-49(72(47-22-14-12-15-23-47)48-24-16-13-17-25-48)29-31-60(52)71-61-42-58-59(68(8,9)37-36-67(58,6)7)43-62(61)73(63(39-46)64(53)71)50-28-30-56-57(41-50)66(4,5)35-34-65(56,2)3/h12-19,22-31,38-43,45,54H,20-21,32-37,44H2,1-11H3. The van der Waals surface area contributed by atoms with Crippen LogP contribution in [0.3, 0.4) is 0 Å². The number of nitrogens with zero attached hydrogens (tertiary/aromatic N) is 2. The summed E-state index contributed by atoms with van der Waals surface area (Å²) < 4.78 is 0. The summed E-state index contributed by atoms with van der Waals surface area (Å²) in [6.07, 6.45) is 11.1. The predicted octanol–water partition coefficient (Wildman–Crippen LogP) is 17.3. The van der Waals surface area contributed by atoms with Crippen molar-refractivity contribution in [2.24, 2.45) is 5.41 Å². The Balaban J connectivity index is 1.12. The van der Waals surface area contributed by atoms with Crippen LogP contribution in [0.25, 0.3) is 11.1 Å². The molecule has 370 valence electrons. The normalized spacial score (nSPS) is 25.2. The van der Waals surface area contributed by atoms with E-state index >= 15 is 0 Å². The largest absolute Gasteiger partial charge is 0.311 e. The molecular weight excluding hydrogens is 880 g/mol. The van der Waals surface area contributed by atoms with Crippen molar-refractivity contribution in [3.05, 3.63) is 185 Å². The SMILES string of the molecule is CC1c2ccccc2C2(C)CCCCC2(C)CC1c1cc2c3c(c1)N(c1ccc4c(c1)C(C)(C)CCC4(C)C)c1cc4c(cc1B3c1ccc(N(c3ccccc3)c3ccccc3)cc1-2)C(C)(C)CCC4(C)C. The molecule has 2 aliphatic heterocycles. The molecule has 0 radical (unpaired) electrons. The van der Waals surface area contributed by atoms with Crippen molar-refractivity contribution in [2.75, 3.05) is 9.80 Å². The average Bonchev–Trinajstić information content (AvgIpc) is 3.68. The van der Waals surface area contributed by atoms with Crippen molar-refractivity contribution in [3.63, 3.8) is 0 Å². The highest BCUT2D eigenvalue weighted by molar-refractivity contribution is 7.01. The van der Waals surface area contributed by atoms with E-state index in [-0.39, 0.29) is 39.2 Å². The Labute approximate surface area is 438 Å². The molecule has 1 fully saturated rings. The van der Waals surface area contributed by atoms with Gasteiger partial charge in [0.25, 0.3) is 0 Å². The van der Waals surface area contributed by atoms with Crippen LogP contribution in [-0.2, 0) is 27.1 Å². The van der Waals surface area contributed by atoms with Crippen LogP contribution < -0.4 is 26.2 Å². The van der Waals surface area contributed by atoms with E-state index in [0.717, 1.165) is 0 Å². The molecule has 2 nitrogen and oxygen atoms in total. The van der Waals surface area contributed by atoms with Crippen LogP contribution in [0.2, 0.25) is 0 Å². The van der Waals surface area contributed by atoms with Crippen LogP contribution in [-0.4, -0.2) is 6.71 Å². The minimum atomic E-state index is 0.0623. The predicted molar refractivity (Wildman–Crippen MR) is 313 cm³/mol. The Morgan fingerprint density at radius 3 is 1.73 bits per heavy atom. The number of hydrogen-bond acceptors (Lipinski definition) is 2. The molecule has 6 aliphatic rings. The first-order chi connectivity index (χ1) is 34.8. The molecular formula is C70H77BN2. The van der Waals surface area contributed by atoms with Crippen LogP contribution in [0, 0.1) is 5.41 Å². The molecule has 1 saturated carbocycles. The van der Waals surface area contributed by atoms with Gasteiger partial charge in [0.1, 0.15) is 0 Å². The van der Waals surface area contributed by atoms with Gasteiger partial charge in [0, 0.05) is 34.1 Å². The third kappa shape index (κ3) is 6.95. The smallest absolute Gasteiger partial charge is 0.248 e. The van der Waals surface area contributed by atoms with E-state index in [1.54, 1.807) is 11.1 Å². The number of anilines is 6. The Morgan fingerprint density at radius 1 is 0.466 bits per heavy atom. The Kier molecular flexibility index (Phi) is 10.4. The van der Waals surface area contributed by atoms with Gasteiger partial charge in [-0.3, -0.25) is 0 Å². The van der Waals surface area contributed by atoms with Gasteiger partial charge in [0.2, 0.25) is 6.71 Å². The van der Waals surface area contributed by atoms with E-state index in [1.807, 2.05) is 0 Å². The lowest BCUT2D eigenvalue weighted by molar-refractivity contribution is 0.0733. The second-order valence-electron chi connectivity index (χ2n) is 27.1. The highest BCUT2D eigenvalue weighted by atomic mass is 15.2. The summed E-state index contributed by atoms with van der Waals surface area (Å²) in [5, 5.41) is 0. The summed E-state index contributed by atoms with van der Waals surface area (Å²) in [6, 6.07) is 57.7. The van der Waals surface area contributed by atoms with Crippen molar-refractivity contribution in [1.82, 2.24) is 0 Å². The molecule has 3 heteroatoms. The van der Waals surface area contributed by atoms with Crippen molar-refractivity contribution in [1.29, 1.82) is 0 Å². The molecule has 0 aromatic heterocycles. The molecule has 73 heavy (non-hydrogen) atoms. The molecule has 0 amide bonds. The van der Waals surface area contributed by atoms with Gasteiger partial charge in [-0.1, -0.05) is 179 Å². The maximum Gasteiger partial charge on any atom is 0.248 e. The van der Waals surface area contributed by atoms with E-state index < -0.39 is 0 Å². The van der Waals surface area contributed by atoms with Crippen molar-refractivity contribution in [2.45, 2.75) is 173 Å². The van der Waals surface area contributed by atoms with Crippen LogP contribution in [0.4, 0.5) is 34.1 Å². The van der Waals surface area contributed by atoms with E-state index in [0.29, 0.717) is 11.8 Å². The number of rotatable bonds is 5. The summed E-state index contributed by atoms with van der Waals surface area (Å²) >= 11 is 0. The van der Waals surface area contributed by atoms with Gasteiger partial charge in [-0.15, -0.1) is 0 Å². The van der Waals surface area contributed by atoms with Gasteiger partial charge in [0.05, 0.1) is 0 Å². The quantitative estimate of drug-likeness (QED) is 0.159.